The largest absolute Gasteiger partial charge is 0.330 e. The van der Waals surface area contributed by atoms with Gasteiger partial charge in [-0.2, -0.15) is 0 Å². The minimum atomic E-state index is 0.751. The molecule has 0 saturated carbocycles. The van der Waals surface area contributed by atoms with E-state index in [9.17, 15) is 0 Å². The van der Waals surface area contributed by atoms with Crippen LogP contribution in [0.1, 0.15) is 24.2 Å². The van der Waals surface area contributed by atoms with E-state index in [0.29, 0.717) is 0 Å². The van der Waals surface area contributed by atoms with E-state index in [4.69, 9.17) is 5.73 Å². The summed E-state index contributed by atoms with van der Waals surface area (Å²) >= 11 is 0. The Kier molecular flexibility index (Phi) is 6.14. The first-order valence-corrected chi connectivity index (χ1v) is 7.11. The summed E-state index contributed by atoms with van der Waals surface area (Å²) in [5.41, 5.74) is 7.76. The maximum atomic E-state index is 5.58. The maximum absolute atomic E-state index is 5.58. The van der Waals surface area contributed by atoms with Crippen molar-refractivity contribution in [2.45, 2.75) is 25.9 Å². The fourth-order valence-corrected chi connectivity index (χ4v) is 2.14. The van der Waals surface area contributed by atoms with Crippen LogP contribution in [0.5, 0.6) is 0 Å². The lowest BCUT2D eigenvalue weighted by molar-refractivity contribution is 0.246. The SMILES string of the molecule is NCCCCN(Cc1ccccn1)Cc1ccccn1. The average Bonchev–Trinajstić information content (AvgIpc) is 2.49. The van der Waals surface area contributed by atoms with Crippen molar-refractivity contribution in [3.8, 4) is 0 Å². The number of hydrogen-bond donors (Lipinski definition) is 1. The van der Waals surface area contributed by atoms with Crippen LogP contribution in [0.15, 0.2) is 48.8 Å². The molecule has 0 fully saturated rings. The Balaban J connectivity index is 1.96. The van der Waals surface area contributed by atoms with E-state index in [1.54, 1.807) is 0 Å². The van der Waals surface area contributed by atoms with E-state index in [2.05, 4.69) is 27.0 Å². The van der Waals surface area contributed by atoms with Crippen LogP contribution >= 0.6 is 0 Å². The van der Waals surface area contributed by atoms with Crippen molar-refractivity contribution in [1.82, 2.24) is 14.9 Å². The minimum Gasteiger partial charge on any atom is -0.330 e. The molecule has 4 heteroatoms. The lowest BCUT2D eigenvalue weighted by Gasteiger charge is -2.21. The number of rotatable bonds is 8. The van der Waals surface area contributed by atoms with Gasteiger partial charge < -0.3 is 5.73 Å². The zero-order valence-electron chi connectivity index (χ0n) is 11.8. The highest BCUT2D eigenvalue weighted by Gasteiger charge is 2.08. The molecule has 4 nitrogen and oxygen atoms in total. The second kappa shape index (κ2) is 8.40. The minimum absolute atomic E-state index is 0.751. The average molecular weight is 270 g/mol. The van der Waals surface area contributed by atoms with Gasteiger partial charge >= 0.3 is 0 Å². The zero-order chi connectivity index (χ0) is 14.0. The Bertz CT molecular complexity index is 431. The highest BCUT2D eigenvalue weighted by molar-refractivity contribution is 5.06. The van der Waals surface area contributed by atoms with Crippen molar-refractivity contribution in [3.63, 3.8) is 0 Å². The van der Waals surface area contributed by atoms with E-state index >= 15 is 0 Å². The van der Waals surface area contributed by atoms with E-state index in [1.165, 1.54) is 0 Å². The molecule has 0 atom stereocenters. The van der Waals surface area contributed by atoms with Gasteiger partial charge in [0.2, 0.25) is 0 Å². The Morgan fingerprint density at radius 2 is 1.45 bits per heavy atom. The van der Waals surface area contributed by atoms with Crippen LogP contribution in [0.3, 0.4) is 0 Å². The molecule has 2 heterocycles. The Morgan fingerprint density at radius 3 is 1.90 bits per heavy atom. The van der Waals surface area contributed by atoms with Gasteiger partial charge in [0, 0.05) is 25.5 Å². The van der Waals surface area contributed by atoms with Crippen LogP contribution in [-0.2, 0) is 13.1 Å². The van der Waals surface area contributed by atoms with Gasteiger partial charge in [-0.05, 0) is 50.2 Å². The molecule has 0 aliphatic carbocycles. The molecule has 2 aromatic rings. The smallest absolute Gasteiger partial charge is 0.0544 e. The Labute approximate surface area is 120 Å². The predicted molar refractivity (Wildman–Crippen MR) is 80.9 cm³/mol. The fraction of sp³-hybridized carbons (Fsp3) is 0.375. The third-order valence-electron chi connectivity index (χ3n) is 3.15. The number of nitrogens with two attached hydrogens (primary N) is 1. The lowest BCUT2D eigenvalue weighted by atomic mass is 10.2. The number of nitrogens with zero attached hydrogens (tertiary/aromatic N) is 3. The van der Waals surface area contributed by atoms with Crippen LogP contribution in [0.2, 0.25) is 0 Å². The van der Waals surface area contributed by atoms with Crippen molar-refractivity contribution in [1.29, 1.82) is 0 Å². The summed E-state index contributed by atoms with van der Waals surface area (Å²) in [5, 5.41) is 0. The molecule has 0 radical (unpaired) electrons. The fourth-order valence-electron chi connectivity index (χ4n) is 2.14. The second-order valence-electron chi connectivity index (χ2n) is 4.85. The molecular formula is C16H22N4. The molecule has 0 aliphatic heterocycles. The van der Waals surface area contributed by atoms with Crippen molar-refractivity contribution < 1.29 is 0 Å². The molecule has 2 N–H and O–H groups in total. The van der Waals surface area contributed by atoms with Gasteiger partial charge in [0.05, 0.1) is 11.4 Å². The van der Waals surface area contributed by atoms with Crippen LogP contribution in [0.25, 0.3) is 0 Å². The molecule has 0 bridgehead atoms. The quantitative estimate of drug-likeness (QED) is 0.747. The lowest BCUT2D eigenvalue weighted by Crippen LogP contribution is -2.25. The van der Waals surface area contributed by atoms with Gasteiger partial charge in [0.1, 0.15) is 0 Å². The first-order valence-electron chi connectivity index (χ1n) is 7.11. The van der Waals surface area contributed by atoms with Gasteiger partial charge in [-0.25, -0.2) is 0 Å². The number of hydrogen-bond acceptors (Lipinski definition) is 4. The first-order chi connectivity index (χ1) is 9.88. The standard InChI is InChI=1S/C16H22N4/c17-9-3-6-12-20(13-15-7-1-4-10-18-15)14-16-8-2-5-11-19-16/h1-2,4-5,7-8,10-11H,3,6,9,12-14,17H2. The highest BCUT2D eigenvalue weighted by Crippen LogP contribution is 2.08. The summed E-state index contributed by atoms with van der Waals surface area (Å²) in [6.07, 6.45) is 5.85. The monoisotopic (exact) mass is 270 g/mol. The molecule has 0 aliphatic rings. The molecular weight excluding hydrogens is 248 g/mol. The first kappa shape index (κ1) is 14.6. The molecule has 2 rings (SSSR count). The van der Waals surface area contributed by atoms with Gasteiger partial charge in [0.15, 0.2) is 0 Å². The van der Waals surface area contributed by atoms with Crippen molar-refractivity contribution in [3.05, 3.63) is 60.2 Å². The van der Waals surface area contributed by atoms with Gasteiger partial charge in [0.25, 0.3) is 0 Å². The highest BCUT2D eigenvalue weighted by atomic mass is 15.1. The summed E-state index contributed by atoms with van der Waals surface area (Å²) in [6, 6.07) is 12.1. The van der Waals surface area contributed by atoms with E-state index in [-0.39, 0.29) is 0 Å². The number of aromatic nitrogens is 2. The Morgan fingerprint density at radius 1 is 0.850 bits per heavy atom. The number of unbranched alkanes of at least 4 members (excludes halogenated alkanes) is 1. The number of pyridine rings is 2. The van der Waals surface area contributed by atoms with Crippen molar-refractivity contribution in [2.24, 2.45) is 5.73 Å². The van der Waals surface area contributed by atoms with Gasteiger partial charge in [-0.15, -0.1) is 0 Å². The molecule has 0 saturated heterocycles. The molecule has 0 unspecified atom stereocenters. The molecule has 20 heavy (non-hydrogen) atoms. The van der Waals surface area contributed by atoms with Crippen molar-refractivity contribution in [2.75, 3.05) is 13.1 Å². The summed E-state index contributed by atoms with van der Waals surface area (Å²) in [6.45, 7) is 3.47. The Hall–Kier alpha value is -1.78. The van der Waals surface area contributed by atoms with Crippen LogP contribution in [0, 0.1) is 0 Å². The zero-order valence-corrected chi connectivity index (χ0v) is 11.8. The molecule has 0 aromatic carbocycles. The predicted octanol–water partition coefficient (Wildman–Crippen LogP) is 2.22. The van der Waals surface area contributed by atoms with Crippen LogP contribution in [-0.4, -0.2) is 28.0 Å². The van der Waals surface area contributed by atoms with E-state index in [0.717, 1.165) is 50.4 Å². The van der Waals surface area contributed by atoms with E-state index in [1.807, 2.05) is 36.7 Å². The topological polar surface area (TPSA) is 55.0 Å². The second-order valence-corrected chi connectivity index (χ2v) is 4.85. The summed E-state index contributed by atoms with van der Waals surface area (Å²) in [4.78, 5) is 11.2. The molecule has 2 aromatic heterocycles. The van der Waals surface area contributed by atoms with Crippen LogP contribution in [0.4, 0.5) is 0 Å². The van der Waals surface area contributed by atoms with Crippen molar-refractivity contribution >= 4 is 0 Å². The van der Waals surface area contributed by atoms with E-state index < -0.39 is 0 Å². The molecule has 0 spiro atoms. The summed E-state index contributed by atoms with van der Waals surface area (Å²) < 4.78 is 0. The molecule has 106 valence electrons. The molecule has 0 amide bonds. The van der Waals surface area contributed by atoms with Gasteiger partial charge in [-0.1, -0.05) is 12.1 Å². The van der Waals surface area contributed by atoms with Gasteiger partial charge in [-0.3, -0.25) is 14.9 Å². The third kappa shape index (κ3) is 5.07. The summed E-state index contributed by atoms with van der Waals surface area (Å²) in [5.74, 6) is 0. The van der Waals surface area contributed by atoms with Crippen LogP contribution < -0.4 is 5.73 Å². The third-order valence-corrected chi connectivity index (χ3v) is 3.15. The maximum Gasteiger partial charge on any atom is 0.0544 e. The normalized spacial score (nSPS) is 10.9. The summed E-state index contributed by atoms with van der Waals surface area (Å²) in [7, 11) is 0.